The van der Waals surface area contributed by atoms with Crippen molar-refractivity contribution in [3.8, 4) is 6.07 Å². The minimum Gasteiger partial charge on any atom is -0.407 e. The standard InChI is InChI=1S/C18H28BN3O2/c1-17(2)13-23-19(24-18(17,3)4)15-11-21-22(12-15)16(9-10-20)14-7-5-6-8-14/h11-12,14,16H,5-9,13H2,1-4H3/t16-/m0/s1. The summed E-state index contributed by atoms with van der Waals surface area (Å²) in [4.78, 5) is 0. The molecule has 6 heteroatoms. The van der Waals surface area contributed by atoms with E-state index >= 15 is 0 Å². The van der Waals surface area contributed by atoms with Gasteiger partial charge in [-0.1, -0.05) is 26.7 Å². The van der Waals surface area contributed by atoms with Gasteiger partial charge >= 0.3 is 7.12 Å². The van der Waals surface area contributed by atoms with E-state index in [2.05, 4.69) is 38.9 Å². The summed E-state index contributed by atoms with van der Waals surface area (Å²) in [6.45, 7) is 9.21. The van der Waals surface area contributed by atoms with Crippen LogP contribution in [0.25, 0.3) is 0 Å². The Kier molecular flexibility index (Phi) is 4.77. The van der Waals surface area contributed by atoms with Crippen LogP contribution in [0.5, 0.6) is 0 Å². The molecule has 0 amide bonds. The average Bonchev–Trinajstić information content (AvgIpc) is 3.19. The molecular weight excluding hydrogens is 301 g/mol. The monoisotopic (exact) mass is 329 g/mol. The maximum Gasteiger partial charge on any atom is 0.497 e. The van der Waals surface area contributed by atoms with Gasteiger partial charge < -0.3 is 9.31 Å². The van der Waals surface area contributed by atoms with E-state index in [9.17, 15) is 5.26 Å². The molecule has 1 aromatic heterocycles. The minimum atomic E-state index is -0.381. The summed E-state index contributed by atoms with van der Waals surface area (Å²) in [5.74, 6) is 0.556. The Balaban J connectivity index is 1.76. The lowest BCUT2D eigenvalue weighted by molar-refractivity contribution is -0.0937. The molecule has 1 aliphatic carbocycles. The van der Waals surface area contributed by atoms with Crippen LogP contribution in [0.3, 0.4) is 0 Å². The van der Waals surface area contributed by atoms with Crippen molar-refractivity contribution in [2.75, 3.05) is 6.61 Å². The van der Waals surface area contributed by atoms with E-state index in [1.54, 1.807) is 0 Å². The van der Waals surface area contributed by atoms with E-state index < -0.39 is 0 Å². The van der Waals surface area contributed by atoms with Crippen LogP contribution in [0.2, 0.25) is 0 Å². The fourth-order valence-corrected chi connectivity index (χ4v) is 3.65. The van der Waals surface area contributed by atoms with Gasteiger partial charge in [0, 0.05) is 29.9 Å². The maximum atomic E-state index is 9.20. The van der Waals surface area contributed by atoms with Crippen molar-refractivity contribution in [3.63, 3.8) is 0 Å². The number of hydrogen-bond donors (Lipinski definition) is 0. The molecule has 24 heavy (non-hydrogen) atoms. The van der Waals surface area contributed by atoms with Crippen molar-refractivity contribution >= 4 is 12.6 Å². The Morgan fingerprint density at radius 1 is 1.38 bits per heavy atom. The number of nitrogens with zero attached hydrogens (tertiary/aromatic N) is 3. The van der Waals surface area contributed by atoms with Gasteiger partial charge in [0.05, 0.1) is 24.1 Å². The summed E-state index contributed by atoms with van der Waals surface area (Å²) in [7, 11) is -0.381. The molecule has 1 atom stereocenters. The predicted molar refractivity (Wildman–Crippen MR) is 93.7 cm³/mol. The topological polar surface area (TPSA) is 60.1 Å². The lowest BCUT2D eigenvalue weighted by atomic mass is 9.70. The first-order valence-corrected chi connectivity index (χ1v) is 9.04. The Hall–Kier alpha value is -1.32. The summed E-state index contributed by atoms with van der Waals surface area (Å²) in [6, 6.07) is 2.50. The van der Waals surface area contributed by atoms with Crippen molar-refractivity contribution in [3.05, 3.63) is 12.4 Å². The number of rotatable bonds is 4. The van der Waals surface area contributed by atoms with Crippen LogP contribution in [0.4, 0.5) is 0 Å². The van der Waals surface area contributed by atoms with Gasteiger partial charge in [-0.15, -0.1) is 0 Å². The van der Waals surface area contributed by atoms with Gasteiger partial charge in [0.2, 0.25) is 0 Å². The number of nitriles is 1. The minimum absolute atomic E-state index is 0.0350. The van der Waals surface area contributed by atoms with Crippen LogP contribution in [-0.4, -0.2) is 29.1 Å². The summed E-state index contributed by atoms with van der Waals surface area (Å²) < 4.78 is 14.1. The average molecular weight is 329 g/mol. The lowest BCUT2D eigenvalue weighted by Gasteiger charge is -2.47. The molecule has 5 nitrogen and oxygen atoms in total. The van der Waals surface area contributed by atoms with Crippen LogP contribution in [0.1, 0.15) is 65.8 Å². The maximum absolute atomic E-state index is 9.20. The van der Waals surface area contributed by atoms with Gasteiger partial charge in [0.15, 0.2) is 0 Å². The molecule has 2 aliphatic rings. The highest BCUT2D eigenvalue weighted by molar-refractivity contribution is 6.61. The zero-order valence-corrected chi connectivity index (χ0v) is 15.3. The Morgan fingerprint density at radius 2 is 2.08 bits per heavy atom. The molecule has 0 aromatic carbocycles. The third-order valence-electron chi connectivity index (χ3n) is 6.10. The van der Waals surface area contributed by atoms with E-state index in [4.69, 9.17) is 9.31 Å². The van der Waals surface area contributed by atoms with E-state index in [-0.39, 0.29) is 24.2 Å². The quantitative estimate of drug-likeness (QED) is 0.797. The normalized spacial score (nSPS) is 24.7. The van der Waals surface area contributed by atoms with Crippen molar-refractivity contribution in [1.82, 2.24) is 9.78 Å². The number of hydrogen-bond acceptors (Lipinski definition) is 4. The van der Waals surface area contributed by atoms with Crippen LogP contribution < -0.4 is 5.46 Å². The molecule has 0 radical (unpaired) electrons. The van der Waals surface area contributed by atoms with Crippen LogP contribution >= 0.6 is 0 Å². The van der Waals surface area contributed by atoms with Gasteiger partial charge in [0.25, 0.3) is 0 Å². The predicted octanol–water partition coefficient (Wildman–Crippen LogP) is 3.07. The lowest BCUT2D eigenvalue weighted by Crippen LogP contribution is -2.58. The fourth-order valence-electron chi connectivity index (χ4n) is 3.65. The molecule has 1 aromatic rings. The van der Waals surface area contributed by atoms with Gasteiger partial charge in [-0.2, -0.15) is 10.4 Å². The molecule has 0 spiro atoms. The highest BCUT2D eigenvalue weighted by atomic mass is 16.6. The SMILES string of the molecule is CC1(C)COB(c2cnn([C@@H](CC#N)C3CCCC3)c2)OC1(C)C. The molecule has 0 bridgehead atoms. The summed E-state index contributed by atoms with van der Waals surface area (Å²) in [5.41, 5.74) is 0.641. The van der Waals surface area contributed by atoms with E-state index in [0.717, 1.165) is 5.46 Å². The molecule has 1 saturated heterocycles. The van der Waals surface area contributed by atoms with E-state index in [1.807, 2.05) is 17.1 Å². The number of aromatic nitrogens is 2. The highest BCUT2D eigenvalue weighted by Gasteiger charge is 2.47. The van der Waals surface area contributed by atoms with Crippen molar-refractivity contribution in [1.29, 1.82) is 5.26 Å². The van der Waals surface area contributed by atoms with Gasteiger partial charge in [0.1, 0.15) is 0 Å². The largest absolute Gasteiger partial charge is 0.497 e. The van der Waals surface area contributed by atoms with Crippen molar-refractivity contribution in [2.45, 2.75) is 71.4 Å². The Bertz CT molecular complexity index is 614. The first-order chi connectivity index (χ1) is 11.3. The highest BCUT2D eigenvalue weighted by Crippen LogP contribution is 2.38. The van der Waals surface area contributed by atoms with Gasteiger partial charge in [-0.25, -0.2) is 0 Å². The van der Waals surface area contributed by atoms with E-state index in [1.165, 1.54) is 25.7 Å². The zero-order chi connectivity index (χ0) is 17.4. The molecule has 0 unspecified atom stereocenters. The summed E-state index contributed by atoms with van der Waals surface area (Å²) >= 11 is 0. The van der Waals surface area contributed by atoms with Crippen LogP contribution in [-0.2, 0) is 9.31 Å². The van der Waals surface area contributed by atoms with E-state index in [0.29, 0.717) is 18.9 Å². The third kappa shape index (κ3) is 3.25. The Labute approximate surface area is 145 Å². The third-order valence-corrected chi connectivity index (χ3v) is 6.10. The van der Waals surface area contributed by atoms with Crippen LogP contribution in [0, 0.1) is 22.7 Å². The molecule has 1 aliphatic heterocycles. The molecule has 1 saturated carbocycles. The summed E-state index contributed by atoms with van der Waals surface area (Å²) in [5, 5.41) is 13.7. The smallest absolute Gasteiger partial charge is 0.407 e. The van der Waals surface area contributed by atoms with Crippen molar-refractivity contribution < 1.29 is 9.31 Å². The second-order valence-corrected chi connectivity index (χ2v) is 8.38. The molecule has 3 rings (SSSR count). The second-order valence-electron chi connectivity index (χ2n) is 8.38. The molecular formula is C18H28BN3O2. The molecule has 130 valence electrons. The van der Waals surface area contributed by atoms with Gasteiger partial charge in [-0.3, -0.25) is 4.68 Å². The van der Waals surface area contributed by atoms with Crippen LogP contribution in [0.15, 0.2) is 12.4 Å². The molecule has 2 fully saturated rings. The Morgan fingerprint density at radius 3 is 2.71 bits per heavy atom. The zero-order valence-electron chi connectivity index (χ0n) is 15.3. The summed E-state index contributed by atoms with van der Waals surface area (Å²) in [6.07, 6.45) is 9.27. The fraction of sp³-hybridized carbons (Fsp3) is 0.778. The first-order valence-electron chi connectivity index (χ1n) is 9.04. The van der Waals surface area contributed by atoms with Gasteiger partial charge in [-0.05, 0) is 32.6 Å². The molecule has 0 N–H and O–H groups in total. The first kappa shape index (κ1) is 17.5. The van der Waals surface area contributed by atoms with Crippen molar-refractivity contribution in [2.24, 2.45) is 11.3 Å². The second kappa shape index (κ2) is 6.53. The molecule has 2 heterocycles.